The van der Waals surface area contributed by atoms with Gasteiger partial charge in [-0.05, 0) is 18.2 Å². The quantitative estimate of drug-likeness (QED) is 0.795. The van der Waals surface area contributed by atoms with E-state index in [1.165, 1.54) is 7.11 Å². The minimum Gasteiger partial charge on any atom is -0.468 e. The average Bonchev–Trinajstić information content (AvgIpc) is 2.28. The number of likely N-dealkylation sites (N-methyl/N-ethyl adjacent to an activating group) is 1. The Morgan fingerprint density at radius 3 is 2.88 bits per heavy atom. The fraction of sp³-hybridized carbons (Fsp3) is 0.273. The molecule has 0 saturated heterocycles. The first kappa shape index (κ1) is 12.5. The molecule has 4 nitrogen and oxygen atoms in total. The molecule has 0 atom stereocenters. The number of carbonyl (C=O) groups is 1. The van der Waals surface area contributed by atoms with Gasteiger partial charge in [0.1, 0.15) is 12.6 Å². The van der Waals surface area contributed by atoms with E-state index >= 15 is 0 Å². The first-order chi connectivity index (χ1) is 7.58. The van der Waals surface area contributed by atoms with Crippen LogP contribution in [-0.2, 0) is 9.53 Å². The normalized spacial score (nSPS) is 9.38. The molecule has 1 rings (SSSR count). The summed E-state index contributed by atoms with van der Waals surface area (Å²) >= 11 is 3.29. The van der Waals surface area contributed by atoms with Crippen LogP contribution in [-0.4, -0.2) is 26.7 Å². The topological polar surface area (TPSA) is 53.3 Å². The van der Waals surface area contributed by atoms with E-state index in [2.05, 4.69) is 26.7 Å². The molecular formula is C11H11BrN2O2. The molecule has 0 aliphatic heterocycles. The van der Waals surface area contributed by atoms with Crippen molar-refractivity contribution in [2.45, 2.75) is 0 Å². The Balaban J connectivity index is 2.95. The van der Waals surface area contributed by atoms with Crippen molar-refractivity contribution in [3.8, 4) is 6.07 Å². The molecule has 16 heavy (non-hydrogen) atoms. The van der Waals surface area contributed by atoms with Gasteiger partial charge in [0.05, 0.1) is 18.4 Å². The number of rotatable bonds is 3. The van der Waals surface area contributed by atoms with Crippen LogP contribution >= 0.6 is 15.9 Å². The van der Waals surface area contributed by atoms with Crippen LogP contribution in [0.5, 0.6) is 0 Å². The van der Waals surface area contributed by atoms with Gasteiger partial charge in [-0.1, -0.05) is 15.9 Å². The van der Waals surface area contributed by atoms with Crippen LogP contribution in [0.25, 0.3) is 0 Å². The molecular weight excluding hydrogens is 272 g/mol. The van der Waals surface area contributed by atoms with Gasteiger partial charge in [-0.15, -0.1) is 0 Å². The average molecular weight is 283 g/mol. The van der Waals surface area contributed by atoms with Crippen LogP contribution in [0.1, 0.15) is 5.56 Å². The smallest absolute Gasteiger partial charge is 0.325 e. The second-order valence-electron chi connectivity index (χ2n) is 3.21. The zero-order chi connectivity index (χ0) is 12.1. The summed E-state index contributed by atoms with van der Waals surface area (Å²) in [6, 6.07) is 7.40. The molecule has 0 spiro atoms. The molecule has 1 aromatic rings. The lowest BCUT2D eigenvalue weighted by Gasteiger charge is -2.18. The summed E-state index contributed by atoms with van der Waals surface area (Å²) in [5.74, 6) is -0.339. The molecule has 0 amide bonds. The zero-order valence-corrected chi connectivity index (χ0v) is 10.6. The number of methoxy groups -OCH3 is 1. The Morgan fingerprint density at radius 1 is 1.62 bits per heavy atom. The Morgan fingerprint density at radius 2 is 2.31 bits per heavy atom. The van der Waals surface area contributed by atoms with Gasteiger partial charge in [-0.2, -0.15) is 5.26 Å². The maximum Gasteiger partial charge on any atom is 0.325 e. The molecule has 5 heteroatoms. The van der Waals surface area contributed by atoms with Gasteiger partial charge in [0.25, 0.3) is 0 Å². The molecule has 0 aliphatic rings. The number of hydrogen-bond acceptors (Lipinski definition) is 4. The van der Waals surface area contributed by atoms with Crippen LogP contribution in [0.2, 0.25) is 0 Å². The standard InChI is InChI=1S/C11H11BrN2O2/c1-14(7-11(15)16-2)10-4-3-9(12)5-8(10)6-13/h3-5H,7H2,1-2H3. The Bertz CT molecular complexity index is 440. The number of nitrogens with zero attached hydrogens (tertiary/aromatic N) is 2. The van der Waals surface area contributed by atoms with Crippen molar-refractivity contribution in [1.82, 2.24) is 0 Å². The highest BCUT2D eigenvalue weighted by atomic mass is 79.9. The van der Waals surface area contributed by atoms with Crippen LogP contribution in [0, 0.1) is 11.3 Å². The van der Waals surface area contributed by atoms with Gasteiger partial charge >= 0.3 is 5.97 Å². The third-order valence-corrected chi connectivity index (χ3v) is 2.58. The first-order valence-corrected chi connectivity index (χ1v) is 5.35. The van der Waals surface area contributed by atoms with E-state index in [4.69, 9.17) is 5.26 Å². The summed E-state index contributed by atoms with van der Waals surface area (Å²) < 4.78 is 5.40. The lowest BCUT2D eigenvalue weighted by atomic mass is 10.2. The van der Waals surface area contributed by atoms with E-state index in [0.29, 0.717) is 11.3 Å². The van der Waals surface area contributed by atoms with Crippen molar-refractivity contribution in [1.29, 1.82) is 5.26 Å². The summed E-state index contributed by atoms with van der Waals surface area (Å²) in [6.45, 7) is 0.118. The molecule has 0 bridgehead atoms. The van der Waals surface area contributed by atoms with Crippen molar-refractivity contribution in [3.63, 3.8) is 0 Å². The van der Waals surface area contributed by atoms with Gasteiger partial charge in [-0.25, -0.2) is 0 Å². The fourth-order valence-corrected chi connectivity index (χ4v) is 1.64. The number of ether oxygens (including phenoxy) is 1. The molecule has 0 aromatic heterocycles. The summed E-state index contributed by atoms with van der Waals surface area (Å²) in [5, 5.41) is 8.97. The summed E-state index contributed by atoms with van der Waals surface area (Å²) in [6.07, 6.45) is 0. The van der Waals surface area contributed by atoms with E-state index < -0.39 is 0 Å². The van der Waals surface area contributed by atoms with Gasteiger partial charge in [0, 0.05) is 11.5 Å². The highest BCUT2D eigenvalue weighted by Crippen LogP contribution is 2.22. The number of hydrogen-bond donors (Lipinski definition) is 0. The van der Waals surface area contributed by atoms with Crippen molar-refractivity contribution < 1.29 is 9.53 Å². The van der Waals surface area contributed by atoms with Crippen LogP contribution in [0.4, 0.5) is 5.69 Å². The monoisotopic (exact) mass is 282 g/mol. The Labute approximate surface area is 103 Å². The maximum atomic E-state index is 11.1. The Hall–Kier alpha value is -1.54. The molecule has 1 aromatic carbocycles. The summed E-state index contributed by atoms with van der Waals surface area (Å²) in [4.78, 5) is 12.8. The van der Waals surface area contributed by atoms with Gasteiger partial charge < -0.3 is 9.64 Å². The SMILES string of the molecule is COC(=O)CN(C)c1ccc(Br)cc1C#N. The number of nitriles is 1. The van der Waals surface area contributed by atoms with E-state index in [-0.39, 0.29) is 12.5 Å². The van der Waals surface area contributed by atoms with Crippen molar-refractivity contribution in [3.05, 3.63) is 28.2 Å². The van der Waals surface area contributed by atoms with E-state index in [9.17, 15) is 4.79 Å². The van der Waals surface area contributed by atoms with Gasteiger partial charge in [0.15, 0.2) is 0 Å². The predicted molar refractivity (Wildman–Crippen MR) is 64.1 cm³/mol. The van der Waals surface area contributed by atoms with E-state index in [1.807, 2.05) is 6.07 Å². The third kappa shape index (κ3) is 2.97. The number of esters is 1. The van der Waals surface area contributed by atoms with Crippen molar-refractivity contribution >= 4 is 27.6 Å². The van der Waals surface area contributed by atoms with E-state index in [1.54, 1.807) is 24.1 Å². The molecule has 0 aliphatic carbocycles. The fourth-order valence-electron chi connectivity index (χ4n) is 1.27. The van der Waals surface area contributed by atoms with Crippen LogP contribution in [0.15, 0.2) is 22.7 Å². The van der Waals surface area contributed by atoms with E-state index in [0.717, 1.165) is 4.47 Å². The van der Waals surface area contributed by atoms with Crippen molar-refractivity contribution in [2.24, 2.45) is 0 Å². The van der Waals surface area contributed by atoms with Crippen molar-refractivity contribution in [2.75, 3.05) is 25.6 Å². The first-order valence-electron chi connectivity index (χ1n) is 4.56. The Kier molecular flexibility index (Phi) is 4.32. The summed E-state index contributed by atoms with van der Waals surface area (Å²) in [7, 11) is 3.07. The van der Waals surface area contributed by atoms with Gasteiger partial charge in [0.2, 0.25) is 0 Å². The second kappa shape index (κ2) is 5.52. The predicted octanol–water partition coefficient (Wildman–Crippen LogP) is 1.93. The maximum absolute atomic E-state index is 11.1. The largest absolute Gasteiger partial charge is 0.468 e. The number of benzene rings is 1. The summed E-state index contributed by atoms with van der Waals surface area (Å²) in [5.41, 5.74) is 1.22. The van der Waals surface area contributed by atoms with Crippen LogP contribution < -0.4 is 4.90 Å². The highest BCUT2D eigenvalue weighted by molar-refractivity contribution is 9.10. The van der Waals surface area contributed by atoms with Crippen LogP contribution in [0.3, 0.4) is 0 Å². The minimum absolute atomic E-state index is 0.118. The number of halogens is 1. The van der Waals surface area contributed by atoms with Gasteiger partial charge in [-0.3, -0.25) is 4.79 Å². The number of carbonyl (C=O) groups excluding carboxylic acids is 1. The highest BCUT2D eigenvalue weighted by Gasteiger charge is 2.11. The third-order valence-electron chi connectivity index (χ3n) is 2.08. The molecule has 0 unspecified atom stereocenters. The molecule has 0 saturated carbocycles. The zero-order valence-electron chi connectivity index (χ0n) is 9.03. The molecule has 0 heterocycles. The lowest BCUT2D eigenvalue weighted by molar-refractivity contribution is -0.138. The molecule has 0 radical (unpaired) electrons. The second-order valence-corrected chi connectivity index (χ2v) is 4.12. The number of anilines is 1. The molecule has 0 N–H and O–H groups in total. The minimum atomic E-state index is -0.339. The molecule has 0 fully saturated rings. The lowest BCUT2D eigenvalue weighted by Crippen LogP contribution is -2.26. The molecule has 84 valence electrons.